The van der Waals surface area contributed by atoms with Gasteiger partial charge in [0.15, 0.2) is 5.78 Å². The van der Waals surface area contributed by atoms with Gasteiger partial charge >= 0.3 is 6.36 Å². The molecule has 0 saturated heterocycles. The van der Waals surface area contributed by atoms with Gasteiger partial charge in [-0.25, -0.2) is 4.39 Å². The number of ether oxygens (including phenoxy) is 1. The molecule has 0 aliphatic rings. The zero-order valence-corrected chi connectivity index (χ0v) is 9.95. The molecule has 104 valence electrons. The molecule has 0 atom stereocenters. The molecule has 2 rings (SSSR count). The van der Waals surface area contributed by atoms with Crippen LogP contribution in [-0.4, -0.2) is 12.1 Å². The Labute approximate surface area is 111 Å². The predicted molar refractivity (Wildman–Crippen MR) is 63.0 cm³/mol. The van der Waals surface area contributed by atoms with Gasteiger partial charge in [0.2, 0.25) is 0 Å². The summed E-state index contributed by atoms with van der Waals surface area (Å²) in [5.41, 5.74) is 0.203. The van der Waals surface area contributed by atoms with Gasteiger partial charge in [-0.2, -0.15) is 0 Å². The van der Waals surface area contributed by atoms with Gasteiger partial charge in [-0.1, -0.05) is 12.1 Å². The van der Waals surface area contributed by atoms with Crippen LogP contribution in [0.5, 0.6) is 5.75 Å². The lowest BCUT2D eigenvalue weighted by molar-refractivity contribution is -0.274. The van der Waals surface area contributed by atoms with Gasteiger partial charge in [0.1, 0.15) is 11.6 Å². The summed E-state index contributed by atoms with van der Waals surface area (Å²) in [5, 5.41) is 0. The third-order valence-corrected chi connectivity index (χ3v) is 2.44. The third-order valence-electron chi connectivity index (χ3n) is 2.44. The van der Waals surface area contributed by atoms with E-state index in [4.69, 9.17) is 0 Å². The van der Waals surface area contributed by atoms with Gasteiger partial charge in [-0.15, -0.1) is 13.2 Å². The normalized spacial score (nSPS) is 11.2. The zero-order chi connectivity index (χ0) is 14.8. The SMILES string of the molecule is O=C(c1ccc(F)cc1)c1cccc(OC(F)(F)F)c1. The Morgan fingerprint density at radius 1 is 0.950 bits per heavy atom. The van der Waals surface area contributed by atoms with Gasteiger partial charge < -0.3 is 4.74 Å². The van der Waals surface area contributed by atoms with Crippen molar-refractivity contribution in [3.8, 4) is 5.75 Å². The van der Waals surface area contributed by atoms with E-state index in [1.807, 2.05) is 0 Å². The highest BCUT2D eigenvalue weighted by molar-refractivity contribution is 6.09. The second-order valence-electron chi connectivity index (χ2n) is 3.91. The predicted octanol–water partition coefficient (Wildman–Crippen LogP) is 3.96. The molecule has 0 fully saturated rings. The highest BCUT2D eigenvalue weighted by atomic mass is 19.4. The molecular formula is C14H8F4O2. The van der Waals surface area contributed by atoms with Crippen LogP contribution in [0.4, 0.5) is 17.6 Å². The van der Waals surface area contributed by atoms with Crippen LogP contribution >= 0.6 is 0 Å². The first kappa shape index (κ1) is 14.0. The van der Waals surface area contributed by atoms with Crippen LogP contribution in [0.2, 0.25) is 0 Å². The van der Waals surface area contributed by atoms with E-state index in [2.05, 4.69) is 4.74 Å². The number of hydrogen-bond donors (Lipinski definition) is 0. The zero-order valence-electron chi connectivity index (χ0n) is 9.95. The Bertz CT molecular complexity index is 618. The lowest BCUT2D eigenvalue weighted by atomic mass is 10.0. The van der Waals surface area contributed by atoms with E-state index in [-0.39, 0.29) is 11.1 Å². The third kappa shape index (κ3) is 3.57. The summed E-state index contributed by atoms with van der Waals surface area (Å²) in [6, 6.07) is 9.43. The molecule has 0 N–H and O–H groups in total. The maximum absolute atomic E-state index is 12.7. The van der Waals surface area contributed by atoms with Gasteiger partial charge in [0.25, 0.3) is 0 Å². The maximum Gasteiger partial charge on any atom is 0.573 e. The van der Waals surface area contributed by atoms with Crippen LogP contribution in [0.3, 0.4) is 0 Å². The molecule has 0 bridgehead atoms. The van der Waals surface area contributed by atoms with Gasteiger partial charge in [0, 0.05) is 11.1 Å². The molecule has 0 radical (unpaired) electrons. The van der Waals surface area contributed by atoms with Gasteiger partial charge in [-0.3, -0.25) is 4.79 Å². The summed E-state index contributed by atoms with van der Waals surface area (Å²) in [7, 11) is 0. The quantitative estimate of drug-likeness (QED) is 0.630. The highest BCUT2D eigenvalue weighted by Gasteiger charge is 2.31. The highest BCUT2D eigenvalue weighted by Crippen LogP contribution is 2.24. The van der Waals surface area contributed by atoms with Crippen LogP contribution in [-0.2, 0) is 0 Å². The summed E-state index contributed by atoms with van der Waals surface area (Å²) < 4.78 is 52.8. The van der Waals surface area contributed by atoms with Crippen molar-refractivity contribution in [3.63, 3.8) is 0 Å². The van der Waals surface area contributed by atoms with Crippen molar-refractivity contribution in [2.24, 2.45) is 0 Å². The molecular weight excluding hydrogens is 276 g/mol. The average molecular weight is 284 g/mol. The van der Waals surface area contributed by atoms with Crippen LogP contribution in [0.25, 0.3) is 0 Å². The maximum atomic E-state index is 12.7. The number of rotatable bonds is 3. The molecule has 0 aromatic heterocycles. The number of alkyl halides is 3. The summed E-state index contributed by atoms with van der Waals surface area (Å²) in [5.74, 6) is -1.50. The van der Waals surface area contributed by atoms with E-state index in [1.165, 1.54) is 24.3 Å². The number of carbonyl (C=O) groups excluding carboxylic acids is 1. The first-order chi connectivity index (χ1) is 9.35. The van der Waals surface area contributed by atoms with E-state index in [9.17, 15) is 22.4 Å². The van der Waals surface area contributed by atoms with Crippen molar-refractivity contribution in [1.82, 2.24) is 0 Å². The van der Waals surface area contributed by atoms with E-state index >= 15 is 0 Å². The summed E-state index contributed by atoms with van der Waals surface area (Å²) in [6.45, 7) is 0. The average Bonchev–Trinajstić information content (AvgIpc) is 2.37. The fourth-order valence-corrected chi connectivity index (χ4v) is 1.60. The molecule has 20 heavy (non-hydrogen) atoms. The van der Waals surface area contributed by atoms with Crippen molar-refractivity contribution in [2.45, 2.75) is 6.36 Å². The minimum atomic E-state index is -4.82. The van der Waals surface area contributed by atoms with Crippen molar-refractivity contribution in [1.29, 1.82) is 0 Å². The molecule has 2 aromatic rings. The second kappa shape index (κ2) is 5.32. The smallest absolute Gasteiger partial charge is 0.406 e. The second-order valence-corrected chi connectivity index (χ2v) is 3.91. The van der Waals surface area contributed by atoms with E-state index in [0.717, 1.165) is 24.3 Å². The molecule has 0 spiro atoms. The summed E-state index contributed by atoms with van der Waals surface area (Å²) in [4.78, 5) is 12.0. The first-order valence-corrected chi connectivity index (χ1v) is 5.51. The lowest BCUT2D eigenvalue weighted by Crippen LogP contribution is -2.17. The fourth-order valence-electron chi connectivity index (χ4n) is 1.60. The Morgan fingerprint density at radius 3 is 2.20 bits per heavy atom. The molecule has 2 aromatic carbocycles. The fraction of sp³-hybridized carbons (Fsp3) is 0.0714. The van der Waals surface area contributed by atoms with Crippen molar-refractivity contribution in [2.75, 3.05) is 0 Å². The molecule has 2 nitrogen and oxygen atoms in total. The Morgan fingerprint density at radius 2 is 1.60 bits per heavy atom. The topological polar surface area (TPSA) is 26.3 Å². The van der Waals surface area contributed by atoms with E-state index < -0.39 is 23.7 Å². The Kier molecular flexibility index (Phi) is 3.74. The van der Waals surface area contributed by atoms with Gasteiger partial charge in [-0.05, 0) is 36.4 Å². The minimum Gasteiger partial charge on any atom is -0.406 e. The van der Waals surface area contributed by atoms with Crippen LogP contribution in [0.15, 0.2) is 48.5 Å². The molecule has 0 aliphatic carbocycles. The van der Waals surface area contributed by atoms with Crippen molar-refractivity contribution in [3.05, 3.63) is 65.5 Å². The monoisotopic (exact) mass is 284 g/mol. The molecule has 6 heteroatoms. The van der Waals surface area contributed by atoms with Gasteiger partial charge in [0.05, 0.1) is 0 Å². The molecule has 0 saturated carbocycles. The number of hydrogen-bond acceptors (Lipinski definition) is 2. The minimum absolute atomic E-state index is 0.0263. The van der Waals surface area contributed by atoms with Crippen LogP contribution in [0.1, 0.15) is 15.9 Å². The number of halogens is 4. The standard InChI is InChI=1S/C14H8F4O2/c15-11-6-4-9(5-7-11)13(19)10-2-1-3-12(8-10)20-14(16,17)18/h1-8H. The Balaban J connectivity index is 2.26. The summed E-state index contributed by atoms with van der Waals surface area (Å²) in [6.07, 6.45) is -4.82. The van der Waals surface area contributed by atoms with E-state index in [0.29, 0.717) is 0 Å². The first-order valence-electron chi connectivity index (χ1n) is 5.51. The molecule has 0 heterocycles. The largest absolute Gasteiger partial charge is 0.573 e. The molecule has 0 amide bonds. The Hall–Kier alpha value is -2.37. The molecule has 0 unspecified atom stereocenters. The molecule has 0 aliphatic heterocycles. The number of ketones is 1. The van der Waals surface area contributed by atoms with Crippen molar-refractivity contribution < 1.29 is 27.1 Å². The van der Waals surface area contributed by atoms with Crippen molar-refractivity contribution >= 4 is 5.78 Å². The van der Waals surface area contributed by atoms with Crippen LogP contribution < -0.4 is 4.74 Å². The van der Waals surface area contributed by atoms with Crippen LogP contribution in [0, 0.1) is 5.82 Å². The number of benzene rings is 2. The lowest BCUT2D eigenvalue weighted by Gasteiger charge is -2.09. The summed E-state index contributed by atoms with van der Waals surface area (Å²) >= 11 is 0. The number of carbonyl (C=O) groups is 1. The van der Waals surface area contributed by atoms with E-state index in [1.54, 1.807) is 0 Å².